The maximum atomic E-state index is 14.5. The Morgan fingerprint density at radius 3 is 2.10 bits per heavy atom. The van der Waals surface area contributed by atoms with E-state index < -0.39 is 23.8 Å². The molecule has 3 amide bonds. The molecule has 0 aromatic heterocycles. The Bertz CT molecular complexity index is 1160. The van der Waals surface area contributed by atoms with Gasteiger partial charge in [-0.2, -0.15) is 0 Å². The number of hydrogen-bond donors (Lipinski definition) is 2. The number of nitrogens with zero attached hydrogens (tertiary/aromatic N) is 1. The van der Waals surface area contributed by atoms with E-state index in [1.807, 2.05) is 59.7 Å². The SMILES string of the molecule is CCC(C)C(NC(=O)OC(C)(C)C)C(=O)N(C(C)CC)C(C(=O)Nc1ccc(OC)cc1)c1cc(C)ccc1C. The highest BCUT2D eigenvalue weighted by molar-refractivity contribution is 5.99. The summed E-state index contributed by atoms with van der Waals surface area (Å²) in [5.41, 5.74) is 2.47. The van der Waals surface area contributed by atoms with Crippen LogP contribution >= 0.6 is 0 Å². The van der Waals surface area contributed by atoms with Gasteiger partial charge in [-0.15, -0.1) is 0 Å². The van der Waals surface area contributed by atoms with Crippen molar-refractivity contribution in [1.82, 2.24) is 10.2 Å². The van der Waals surface area contributed by atoms with E-state index in [9.17, 15) is 14.4 Å². The van der Waals surface area contributed by atoms with Crippen molar-refractivity contribution in [3.05, 3.63) is 59.2 Å². The third-order valence-corrected chi connectivity index (χ3v) is 7.08. The van der Waals surface area contributed by atoms with Crippen LogP contribution in [0.2, 0.25) is 0 Å². The van der Waals surface area contributed by atoms with E-state index in [2.05, 4.69) is 10.6 Å². The summed E-state index contributed by atoms with van der Waals surface area (Å²) in [6, 6.07) is 10.8. The van der Waals surface area contributed by atoms with Crippen LogP contribution in [0.1, 0.15) is 84.0 Å². The molecule has 8 nitrogen and oxygen atoms in total. The Balaban J connectivity index is 2.63. The molecule has 0 bridgehead atoms. The Morgan fingerprint density at radius 1 is 0.950 bits per heavy atom. The fraction of sp³-hybridized carbons (Fsp3) is 0.531. The smallest absolute Gasteiger partial charge is 0.408 e. The van der Waals surface area contributed by atoms with Crippen LogP contribution in [-0.2, 0) is 14.3 Å². The second-order valence-corrected chi connectivity index (χ2v) is 11.5. The van der Waals surface area contributed by atoms with Gasteiger partial charge >= 0.3 is 6.09 Å². The monoisotopic (exact) mass is 553 g/mol. The molecule has 0 aliphatic heterocycles. The summed E-state index contributed by atoms with van der Waals surface area (Å²) in [5, 5.41) is 5.83. The van der Waals surface area contributed by atoms with Gasteiger partial charge in [-0.05, 0) is 89.3 Å². The minimum atomic E-state index is -0.934. The lowest BCUT2D eigenvalue weighted by Crippen LogP contribution is -2.57. The zero-order valence-corrected chi connectivity index (χ0v) is 25.8. The zero-order chi connectivity index (χ0) is 30.2. The first-order chi connectivity index (χ1) is 18.7. The fourth-order valence-electron chi connectivity index (χ4n) is 4.43. The molecule has 2 N–H and O–H groups in total. The van der Waals surface area contributed by atoms with Crippen LogP contribution < -0.4 is 15.4 Å². The van der Waals surface area contributed by atoms with E-state index in [0.717, 1.165) is 16.7 Å². The summed E-state index contributed by atoms with van der Waals surface area (Å²) in [6.45, 7) is 17.0. The normalized spacial score (nSPS) is 14.3. The first kappa shape index (κ1) is 32.7. The van der Waals surface area contributed by atoms with Crippen LogP contribution in [0, 0.1) is 19.8 Å². The topological polar surface area (TPSA) is 97.0 Å². The number of carbonyl (C=O) groups is 3. The summed E-state index contributed by atoms with van der Waals surface area (Å²) in [6.07, 6.45) is 0.594. The fourth-order valence-corrected chi connectivity index (χ4v) is 4.43. The van der Waals surface area contributed by atoms with Crippen LogP contribution in [0.15, 0.2) is 42.5 Å². The number of carbonyl (C=O) groups excluding carboxylic acids is 3. The first-order valence-electron chi connectivity index (χ1n) is 14.1. The number of alkyl carbamates (subject to hydrolysis) is 1. The van der Waals surface area contributed by atoms with Gasteiger partial charge in [0.2, 0.25) is 5.91 Å². The number of amides is 3. The van der Waals surface area contributed by atoms with Gasteiger partial charge in [0.15, 0.2) is 0 Å². The molecule has 0 saturated carbocycles. The quantitative estimate of drug-likeness (QED) is 0.329. The number of anilines is 1. The summed E-state index contributed by atoms with van der Waals surface area (Å²) in [5.74, 6) is -0.196. The summed E-state index contributed by atoms with van der Waals surface area (Å²) in [4.78, 5) is 43.0. The molecule has 0 spiro atoms. The van der Waals surface area contributed by atoms with Crippen molar-refractivity contribution in [3.63, 3.8) is 0 Å². The number of hydrogen-bond acceptors (Lipinski definition) is 5. The van der Waals surface area contributed by atoms with E-state index in [0.29, 0.717) is 24.3 Å². The third kappa shape index (κ3) is 8.73. The maximum absolute atomic E-state index is 14.5. The standard InChI is InChI=1S/C32H47N3O5/c1-11-21(4)27(34-31(38)40-32(7,8)9)30(37)35(23(6)12-2)28(26-19-20(3)13-14-22(26)5)29(36)33-24-15-17-25(39-10)18-16-24/h13-19,21,23,27-28H,11-12H2,1-10H3,(H,33,36)(H,34,38). The molecule has 2 aromatic carbocycles. The van der Waals surface area contributed by atoms with E-state index in [-0.39, 0.29) is 23.8 Å². The molecule has 0 saturated heterocycles. The van der Waals surface area contributed by atoms with Crippen molar-refractivity contribution in [2.75, 3.05) is 12.4 Å². The molecule has 4 unspecified atom stereocenters. The first-order valence-corrected chi connectivity index (χ1v) is 14.1. The predicted octanol–water partition coefficient (Wildman–Crippen LogP) is 6.56. The average Bonchev–Trinajstić information content (AvgIpc) is 2.90. The molecule has 2 aromatic rings. The molecular weight excluding hydrogens is 506 g/mol. The Hall–Kier alpha value is -3.55. The summed E-state index contributed by atoms with van der Waals surface area (Å²) in [7, 11) is 1.58. The van der Waals surface area contributed by atoms with E-state index in [1.165, 1.54) is 0 Å². The Morgan fingerprint density at radius 2 is 1.57 bits per heavy atom. The van der Waals surface area contributed by atoms with Crippen molar-refractivity contribution in [2.24, 2.45) is 5.92 Å². The highest BCUT2D eigenvalue weighted by atomic mass is 16.6. The van der Waals surface area contributed by atoms with Crippen molar-refractivity contribution in [2.45, 2.75) is 98.9 Å². The van der Waals surface area contributed by atoms with Gasteiger partial charge in [-0.3, -0.25) is 9.59 Å². The number of nitrogens with one attached hydrogen (secondary N) is 2. The number of aryl methyl sites for hydroxylation is 2. The van der Waals surface area contributed by atoms with Crippen LogP contribution in [0.4, 0.5) is 10.5 Å². The van der Waals surface area contributed by atoms with Crippen LogP contribution in [0.25, 0.3) is 0 Å². The van der Waals surface area contributed by atoms with Crippen molar-refractivity contribution in [3.8, 4) is 5.75 Å². The van der Waals surface area contributed by atoms with Gasteiger partial charge in [-0.25, -0.2) is 4.79 Å². The van der Waals surface area contributed by atoms with Gasteiger partial charge in [0, 0.05) is 11.7 Å². The average molecular weight is 554 g/mol. The number of benzene rings is 2. The van der Waals surface area contributed by atoms with Crippen LogP contribution in [-0.4, -0.2) is 47.6 Å². The number of methoxy groups -OCH3 is 1. The number of rotatable bonds is 11. The Labute approximate surface area is 239 Å². The maximum Gasteiger partial charge on any atom is 0.408 e. The molecule has 4 atom stereocenters. The van der Waals surface area contributed by atoms with Gasteiger partial charge in [0.1, 0.15) is 23.4 Å². The molecule has 8 heteroatoms. The lowest BCUT2D eigenvalue weighted by molar-refractivity contribution is -0.144. The van der Waals surface area contributed by atoms with Crippen molar-refractivity contribution in [1.29, 1.82) is 0 Å². The molecule has 40 heavy (non-hydrogen) atoms. The van der Waals surface area contributed by atoms with Crippen molar-refractivity contribution >= 4 is 23.6 Å². The second kappa shape index (κ2) is 14.2. The highest BCUT2D eigenvalue weighted by Gasteiger charge is 2.40. The minimum Gasteiger partial charge on any atom is -0.497 e. The van der Waals surface area contributed by atoms with Gasteiger partial charge < -0.3 is 25.0 Å². The molecule has 0 aliphatic rings. The summed E-state index contributed by atoms with van der Waals surface area (Å²) < 4.78 is 10.7. The molecule has 2 rings (SSSR count). The minimum absolute atomic E-state index is 0.199. The molecule has 220 valence electrons. The number of ether oxygens (including phenoxy) is 2. The second-order valence-electron chi connectivity index (χ2n) is 11.5. The molecule has 0 heterocycles. The largest absolute Gasteiger partial charge is 0.497 e. The van der Waals surface area contributed by atoms with E-state index in [4.69, 9.17) is 9.47 Å². The molecular formula is C32H47N3O5. The lowest BCUT2D eigenvalue weighted by Gasteiger charge is -2.40. The van der Waals surface area contributed by atoms with E-state index >= 15 is 0 Å². The van der Waals surface area contributed by atoms with E-state index in [1.54, 1.807) is 57.0 Å². The van der Waals surface area contributed by atoms with Gasteiger partial charge in [-0.1, -0.05) is 51.0 Å². The molecule has 0 radical (unpaired) electrons. The van der Waals surface area contributed by atoms with Crippen molar-refractivity contribution < 1.29 is 23.9 Å². The highest BCUT2D eigenvalue weighted by Crippen LogP contribution is 2.31. The molecule has 0 aliphatic carbocycles. The summed E-state index contributed by atoms with van der Waals surface area (Å²) >= 11 is 0. The Kier molecular flexibility index (Phi) is 11.6. The van der Waals surface area contributed by atoms with Gasteiger partial charge in [0.25, 0.3) is 5.91 Å². The lowest BCUT2D eigenvalue weighted by atomic mass is 9.92. The zero-order valence-electron chi connectivity index (χ0n) is 25.8. The van der Waals surface area contributed by atoms with Crippen LogP contribution in [0.3, 0.4) is 0 Å². The molecule has 0 fully saturated rings. The van der Waals surface area contributed by atoms with Gasteiger partial charge in [0.05, 0.1) is 7.11 Å². The third-order valence-electron chi connectivity index (χ3n) is 7.08. The van der Waals surface area contributed by atoms with Crippen LogP contribution in [0.5, 0.6) is 5.75 Å². The predicted molar refractivity (Wildman–Crippen MR) is 159 cm³/mol.